The molecule has 3 aromatic rings. The fraction of sp³-hybridized carbons (Fsp3) is 0.286. The van der Waals surface area contributed by atoms with Crippen molar-refractivity contribution in [1.82, 2.24) is 19.8 Å². The maximum absolute atomic E-state index is 12.0. The molecular formula is C14H14BrN5OS. The molecule has 0 bridgehead atoms. The van der Waals surface area contributed by atoms with Crippen LogP contribution in [0.15, 0.2) is 22.7 Å². The van der Waals surface area contributed by atoms with Crippen molar-refractivity contribution >= 4 is 43.8 Å². The Morgan fingerprint density at radius 2 is 2.18 bits per heavy atom. The second-order valence-electron chi connectivity index (χ2n) is 4.95. The number of carbonyl (C=O) groups is 1. The molecule has 1 amide bonds. The van der Waals surface area contributed by atoms with Crippen molar-refractivity contribution in [2.45, 2.75) is 26.7 Å². The average molecular weight is 380 g/mol. The number of amides is 1. The van der Waals surface area contributed by atoms with Crippen LogP contribution in [0.5, 0.6) is 0 Å². The zero-order valence-electron chi connectivity index (χ0n) is 12.1. The summed E-state index contributed by atoms with van der Waals surface area (Å²) >= 11 is 4.91. The molecule has 114 valence electrons. The number of hydrogen-bond donors (Lipinski definition) is 1. The first kappa shape index (κ1) is 15.1. The largest absolute Gasteiger partial charge is 0.326 e. The van der Waals surface area contributed by atoms with Gasteiger partial charge < -0.3 is 5.32 Å². The van der Waals surface area contributed by atoms with Crippen molar-refractivity contribution in [2.75, 3.05) is 5.32 Å². The van der Waals surface area contributed by atoms with Gasteiger partial charge in [-0.25, -0.2) is 0 Å². The van der Waals surface area contributed by atoms with Crippen molar-refractivity contribution in [1.29, 1.82) is 0 Å². The third-order valence-corrected chi connectivity index (χ3v) is 5.04. The number of carbonyl (C=O) groups excluding carboxylic acids is 1. The van der Waals surface area contributed by atoms with Gasteiger partial charge in [-0.3, -0.25) is 4.79 Å². The summed E-state index contributed by atoms with van der Waals surface area (Å²) < 4.78 is 2.73. The lowest BCUT2D eigenvalue weighted by molar-refractivity contribution is -0.116. The van der Waals surface area contributed by atoms with Crippen LogP contribution in [0.4, 0.5) is 5.69 Å². The van der Waals surface area contributed by atoms with E-state index in [2.05, 4.69) is 36.5 Å². The second-order valence-corrected chi connectivity index (χ2v) is 6.84. The van der Waals surface area contributed by atoms with Gasteiger partial charge in [0.25, 0.3) is 0 Å². The molecule has 6 nitrogen and oxygen atoms in total. The van der Waals surface area contributed by atoms with Gasteiger partial charge in [-0.05, 0) is 37.6 Å². The summed E-state index contributed by atoms with van der Waals surface area (Å²) in [6.07, 6.45) is 0.979. The highest BCUT2D eigenvalue weighted by molar-refractivity contribution is 9.10. The summed E-state index contributed by atoms with van der Waals surface area (Å²) in [6.45, 7) is 3.84. The van der Waals surface area contributed by atoms with Gasteiger partial charge in [0.1, 0.15) is 5.01 Å². The molecule has 0 spiro atoms. The van der Waals surface area contributed by atoms with E-state index in [1.165, 1.54) is 11.3 Å². The van der Waals surface area contributed by atoms with Gasteiger partial charge in [-0.1, -0.05) is 27.3 Å². The lowest BCUT2D eigenvalue weighted by Crippen LogP contribution is -2.12. The van der Waals surface area contributed by atoms with E-state index in [9.17, 15) is 4.79 Å². The number of aryl methyl sites for hydroxylation is 3. The summed E-state index contributed by atoms with van der Waals surface area (Å²) in [5, 5.41) is 16.1. The summed E-state index contributed by atoms with van der Waals surface area (Å²) in [6, 6.07) is 5.74. The Labute approximate surface area is 139 Å². The quantitative estimate of drug-likeness (QED) is 0.755. The fourth-order valence-electron chi connectivity index (χ4n) is 2.02. The van der Waals surface area contributed by atoms with Gasteiger partial charge in [0.05, 0.1) is 0 Å². The molecule has 2 heterocycles. The molecule has 0 aliphatic rings. The molecule has 0 atom stereocenters. The molecule has 0 aliphatic carbocycles. The van der Waals surface area contributed by atoms with Gasteiger partial charge in [0, 0.05) is 23.0 Å². The first-order valence-corrected chi connectivity index (χ1v) is 8.37. The van der Waals surface area contributed by atoms with Gasteiger partial charge in [-0.15, -0.1) is 10.2 Å². The van der Waals surface area contributed by atoms with Crippen LogP contribution in [-0.2, 0) is 11.2 Å². The van der Waals surface area contributed by atoms with Crippen molar-refractivity contribution in [2.24, 2.45) is 0 Å². The number of benzene rings is 1. The SMILES string of the molecule is Cc1cc(NC(=O)CCc2nn3c(C)nnc3s2)ccc1Br. The maximum Gasteiger partial charge on any atom is 0.234 e. The van der Waals surface area contributed by atoms with Crippen LogP contribution in [0.2, 0.25) is 0 Å². The predicted octanol–water partition coefficient (Wildman–Crippen LogP) is 3.14. The standard InChI is InChI=1S/C14H14BrN5OS/c1-8-7-10(3-4-11(8)15)16-12(21)5-6-13-19-20-9(2)17-18-14(20)22-13/h3-4,7H,5-6H2,1-2H3,(H,16,21). The molecule has 8 heteroatoms. The van der Waals surface area contributed by atoms with E-state index >= 15 is 0 Å². The summed E-state index contributed by atoms with van der Waals surface area (Å²) in [5.74, 6) is 0.733. The molecule has 2 aromatic heterocycles. The molecular weight excluding hydrogens is 366 g/mol. The molecule has 0 radical (unpaired) electrons. The average Bonchev–Trinajstić information content (AvgIpc) is 3.03. The van der Waals surface area contributed by atoms with Gasteiger partial charge in [-0.2, -0.15) is 9.61 Å². The number of aromatic nitrogens is 4. The third-order valence-electron chi connectivity index (χ3n) is 3.20. The van der Waals surface area contributed by atoms with Crippen LogP contribution < -0.4 is 5.32 Å². The summed E-state index contributed by atoms with van der Waals surface area (Å²) in [7, 11) is 0. The Kier molecular flexibility index (Phi) is 4.21. The Balaban J connectivity index is 1.60. The van der Waals surface area contributed by atoms with E-state index < -0.39 is 0 Å². The number of nitrogens with zero attached hydrogens (tertiary/aromatic N) is 4. The molecule has 0 unspecified atom stereocenters. The highest BCUT2D eigenvalue weighted by atomic mass is 79.9. The second kappa shape index (κ2) is 6.13. The zero-order valence-corrected chi connectivity index (χ0v) is 14.5. The van der Waals surface area contributed by atoms with Crippen molar-refractivity contribution < 1.29 is 4.79 Å². The van der Waals surface area contributed by atoms with Gasteiger partial charge >= 0.3 is 0 Å². The fourth-order valence-corrected chi connectivity index (χ4v) is 3.15. The molecule has 0 saturated heterocycles. The minimum absolute atomic E-state index is 0.0237. The normalized spacial score (nSPS) is 11.0. The Hall–Kier alpha value is -1.80. The van der Waals surface area contributed by atoms with Crippen LogP contribution in [0, 0.1) is 13.8 Å². The topological polar surface area (TPSA) is 72.2 Å². The number of fused-ring (bicyclic) bond motifs is 1. The summed E-state index contributed by atoms with van der Waals surface area (Å²) in [5.41, 5.74) is 1.89. The molecule has 0 aliphatic heterocycles. The molecule has 1 N–H and O–H groups in total. The minimum Gasteiger partial charge on any atom is -0.326 e. The van der Waals surface area contributed by atoms with Crippen LogP contribution in [0.25, 0.3) is 4.96 Å². The Morgan fingerprint density at radius 3 is 2.91 bits per heavy atom. The number of nitrogens with one attached hydrogen (secondary N) is 1. The summed E-state index contributed by atoms with van der Waals surface area (Å²) in [4.78, 5) is 12.8. The van der Waals surface area contributed by atoms with E-state index in [0.717, 1.165) is 31.5 Å². The van der Waals surface area contributed by atoms with E-state index in [1.807, 2.05) is 32.0 Å². The lowest BCUT2D eigenvalue weighted by Gasteiger charge is -2.06. The molecule has 22 heavy (non-hydrogen) atoms. The van der Waals surface area contributed by atoms with E-state index in [4.69, 9.17) is 0 Å². The van der Waals surface area contributed by atoms with Crippen LogP contribution in [-0.4, -0.2) is 25.7 Å². The highest BCUT2D eigenvalue weighted by Gasteiger charge is 2.10. The first-order valence-electron chi connectivity index (χ1n) is 6.76. The molecule has 0 fully saturated rings. The van der Waals surface area contributed by atoms with Crippen molar-refractivity contribution in [3.8, 4) is 0 Å². The Bertz CT molecular complexity index is 841. The number of hydrogen-bond acceptors (Lipinski definition) is 5. The molecule has 1 aromatic carbocycles. The smallest absolute Gasteiger partial charge is 0.234 e. The maximum atomic E-state index is 12.0. The first-order chi connectivity index (χ1) is 10.5. The van der Waals surface area contributed by atoms with E-state index in [1.54, 1.807) is 4.52 Å². The lowest BCUT2D eigenvalue weighted by atomic mass is 10.2. The van der Waals surface area contributed by atoms with Gasteiger partial charge in [0.15, 0.2) is 5.82 Å². The van der Waals surface area contributed by atoms with Crippen LogP contribution in [0.3, 0.4) is 0 Å². The number of anilines is 1. The minimum atomic E-state index is -0.0237. The zero-order chi connectivity index (χ0) is 15.7. The van der Waals surface area contributed by atoms with Crippen LogP contribution in [0.1, 0.15) is 22.8 Å². The number of rotatable bonds is 4. The monoisotopic (exact) mass is 379 g/mol. The Morgan fingerprint density at radius 1 is 1.36 bits per heavy atom. The van der Waals surface area contributed by atoms with Crippen molar-refractivity contribution in [3.05, 3.63) is 39.1 Å². The van der Waals surface area contributed by atoms with E-state index in [-0.39, 0.29) is 5.91 Å². The van der Waals surface area contributed by atoms with Gasteiger partial charge in [0.2, 0.25) is 10.9 Å². The molecule has 0 saturated carbocycles. The predicted molar refractivity (Wildman–Crippen MR) is 89.2 cm³/mol. The van der Waals surface area contributed by atoms with Crippen molar-refractivity contribution in [3.63, 3.8) is 0 Å². The third kappa shape index (κ3) is 3.17. The highest BCUT2D eigenvalue weighted by Crippen LogP contribution is 2.20. The van der Waals surface area contributed by atoms with Crippen LogP contribution >= 0.6 is 27.3 Å². The van der Waals surface area contributed by atoms with E-state index in [0.29, 0.717) is 12.8 Å². The number of halogens is 1. The molecule has 3 rings (SSSR count).